The van der Waals surface area contributed by atoms with Gasteiger partial charge in [-0.25, -0.2) is 0 Å². The smallest absolute Gasteiger partial charge is 0.0997 e. The minimum atomic E-state index is 0.119. The summed E-state index contributed by atoms with van der Waals surface area (Å²) in [5.41, 5.74) is 5.78. The Balaban J connectivity index is 2.59. The minimum absolute atomic E-state index is 0.119. The van der Waals surface area contributed by atoms with Crippen molar-refractivity contribution >= 4 is 5.84 Å². The van der Waals surface area contributed by atoms with E-state index in [1.54, 1.807) is 0 Å². The topological polar surface area (TPSA) is 41.6 Å². The number of hydrogen-bond donors (Lipinski definition) is 1. The first-order chi connectivity index (χ1) is 5.25. The van der Waals surface area contributed by atoms with Gasteiger partial charge in [-0.05, 0) is 19.8 Å². The zero-order valence-electron chi connectivity index (χ0n) is 7.38. The molecule has 1 rings (SSSR count). The molecule has 0 bridgehead atoms. The Morgan fingerprint density at radius 1 is 1.55 bits per heavy atom. The Bertz CT molecular complexity index is 151. The van der Waals surface area contributed by atoms with Gasteiger partial charge in [0.1, 0.15) is 0 Å². The maximum absolute atomic E-state index is 5.78. The molecule has 0 aliphatic carbocycles. The van der Waals surface area contributed by atoms with Crippen LogP contribution in [0.15, 0.2) is 4.99 Å². The maximum atomic E-state index is 5.78. The number of nitrogens with zero attached hydrogens (tertiary/aromatic N) is 2. The van der Waals surface area contributed by atoms with Crippen molar-refractivity contribution < 1.29 is 0 Å². The van der Waals surface area contributed by atoms with Crippen LogP contribution < -0.4 is 5.73 Å². The molecule has 0 saturated carbocycles. The van der Waals surface area contributed by atoms with Crippen molar-refractivity contribution in [2.24, 2.45) is 10.7 Å². The molecule has 1 aliphatic rings. The molecule has 0 amide bonds. The van der Waals surface area contributed by atoms with Crippen LogP contribution in [0.2, 0.25) is 0 Å². The molecule has 1 unspecified atom stereocenters. The molecule has 64 valence electrons. The Morgan fingerprint density at radius 2 is 2.27 bits per heavy atom. The lowest BCUT2D eigenvalue weighted by atomic mass is 10.1. The van der Waals surface area contributed by atoms with E-state index in [2.05, 4.69) is 9.89 Å². The van der Waals surface area contributed by atoms with Gasteiger partial charge in [0.05, 0.1) is 12.0 Å². The Labute approximate surface area is 68.3 Å². The van der Waals surface area contributed by atoms with E-state index in [4.69, 9.17) is 5.73 Å². The highest BCUT2D eigenvalue weighted by Crippen LogP contribution is 2.12. The molecular formula is C8H17N3. The number of piperidine rings is 1. The summed E-state index contributed by atoms with van der Waals surface area (Å²) in [6.07, 6.45) is 3.73. The molecule has 2 N–H and O–H groups in total. The standard InChI is InChI=1S/C8H17N3/c1-7(9)11-6-4-3-5-8(11)10-2/h7H,3-6,9H2,1-2H3/b10-8+. The first kappa shape index (κ1) is 8.53. The van der Waals surface area contributed by atoms with Crippen LogP contribution in [0.1, 0.15) is 26.2 Å². The zero-order chi connectivity index (χ0) is 8.27. The average molecular weight is 155 g/mol. The van der Waals surface area contributed by atoms with E-state index in [9.17, 15) is 0 Å². The Hall–Kier alpha value is -0.570. The van der Waals surface area contributed by atoms with Crippen LogP contribution in [0.5, 0.6) is 0 Å². The number of likely N-dealkylation sites (tertiary alicyclic amines) is 1. The summed E-state index contributed by atoms with van der Waals surface area (Å²) in [5.74, 6) is 1.17. The molecule has 1 fully saturated rings. The highest BCUT2D eigenvalue weighted by atomic mass is 15.3. The SMILES string of the molecule is C/N=C1\CCCCN1C(C)N. The van der Waals surface area contributed by atoms with E-state index in [0.717, 1.165) is 13.0 Å². The second-order valence-corrected chi connectivity index (χ2v) is 3.03. The third-order valence-corrected chi connectivity index (χ3v) is 2.13. The molecule has 0 radical (unpaired) electrons. The summed E-state index contributed by atoms with van der Waals surface area (Å²) in [7, 11) is 1.84. The van der Waals surface area contributed by atoms with Gasteiger partial charge in [-0.2, -0.15) is 0 Å². The molecule has 3 nitrogen and oxygen atoms in total. The van der Waals surface area contributed by atoms with Crippen LogP contribution in [-0.4, -0.2) is 30.5 Å². The van der Waals surface area contributed by atoms with Crippen molar-refractivity contribution in [1.82, 2.24) is 4.90 Å². The van der Waals surface area contributed by atoms with E-state index in [1.165, 1.54) is 18.7 Å². The van der Waals surface area contributed by atoms with Crippen molar-refractivity contribution in [1.29, 1.82) is 0 Å². The third kappa shape index (κ3) is 1.93. The van der Waals surface area contributed by atoms with Crippen LogP contribution >= 0.6 is 0 Å². The van der Waals surface area contributed by atoms with Crippen molar-refractivity contribution in [3.8, 4) is 0 Å². The van der Waals surface area contributed by atoms with Gasteiger partial charge >= 0.3 is 0 Å². The summed E-state index contributed by atoms with van der Waals surface area (Å²) in [6, 6.07) is 0. The summed E-state index contributed by atoms with van der Waals surface area (Å²) in [6.45, 7) is 3.08. The van der Waals surface area contributed by atoms with E-state index in [0.29, 0.717) is 0 Å². The number of nitrogens with two attached hydrogens (primary N) is 1. The van der Waals surface area contributed by atoms with Gasteiger partial charge in [0.25, 0.3) is 0 Å². The lowest BCUT2D eigenvalue weighted by molar-refractivity contribution is 0.302. The van der Waals surface area contributed by atoms with Crippen molar-refractivity contribution in [2.45, 2.75) is 32.4 Å². The van der Waals surface area contributed by atoms with Gasteiger partial charge in [0.15, 0.2) is 0 Å². The van der Waals surface area contributed by atoms with Gasteiger partial charge in [0.2, 0.25) is 0 Å². The van der Waals surface area contributed by atoms with Gasteiger partial charge in [-0.3, -0.25) is 4.99 Å². The lowest BCUT2D eigenvalue weighted by Gasteiger charge is -2.33. The second-order valence-electron chi connectivity index (χ2n) is 3.03. The number of amidine groups is 1. The summed E-state index contributed by atoms with van der Waals surface area (Å²) in [4.78, 5) is 6.40. The fraction of sp³-hybridized carbons (Fsp3) is 0.875. The van der Waals surface area contributed by atoms with Gasteiger partial charge in [-0.1, -0.05) is 0 Å². The Kier molecular flexibility index (Phi) is 2.88. The molecule has 0 aromatic heterocycles. The second kappa shape index (κ2) is 3.72. The van der Waals surface area contributed by atoms with Crippen LogP contribution in [-0.2, 0) is 0 Å². The quantitative estimate of drug-likeness (QED) is 0.608. The first-order valence-corrected chi connectivity index (χ1v) is 4.23. The summed E-state index contributed by atoms with van der Waals surface area (Å²) in [5, 5.41) is 0. The van der Waals surface area contributed by atoms with Crippen molar-refractivity contribution in [2.75, 3.05) is 13.6 Å². The van der Waals surface area contributed by atoms with E-state index in [1.807, 2.05) is 14.0 Å². The van der Waals surface area contributed by atoms with Gasteiger partial charge in [-0.15, -0.1) is 0 Å². The first-order valence-electron chi connectivity index (χ1n) is 4.23. The molecular weight excluding hydrogens is 138 g/mol. The van der Waals surface area contributed by atoms with Crippen LogP contribution in [0.4, 0.5) is 0 Å². The van der Waals surface area contributed by atoms with Crippen molar-refractivity contribution in [3.63, 3.8) is 0 Å². The molecule has 1 saturated heterocycles. The molecule has 0 spiro atoms. The van der Waals surface area contributed by atoms with Gasteiger partial charge in [0, 0.05) is 20.0 Å². The summed E-state index contributed by atoms with van der Waals surface area (Å²) >= 11 is 0. The fourth-order valence-corrected chi connectivity index (χ4v) is 1.52. The summed E-state index contributed by atoms with van der Waals surface area (Å²) < 4.78 is 0. The molecule has 1 heterocycles. The van der Waals surface area contributed by atoms with E-state index >= 15 is 0 Å². The maximum Gasteiger partial charge on any atom is 0.0997 e. The minimum Gasteiger partial charge on any atom is -0.345 e. The largest absolute Gasteiger partial charge is 0.345 e. The fourth-order valence-electron chi connectivity index (χ4n) is 1.52. The third-order valence-electron chi connectivity index (χ3n) is 2.13. The van der Waals surface area contributed by atoms with E-state index < -0.39 is 0 Å². The normalized spacial score (nSPS) is 25.7. The molecule has 3 heteroatoms. The van der Waals surface area contributed by atoms with E-state index in [-0.39, 0.29) is 6.17 Å². The number of aliphatic imine (C=N–C) groups is 1. The number of rotatable bonds is 1. The Morgan fingerprint density at radius 3 is 2.73 bits per heavy atom. The molecule has 11 heavy (non-hydrogen) atoms. The van der Waals surface area contributed by atoms with Gasteiger partial charge < -0.3 is 10.6 Å². The highest BCUT2D eigenvalue weighted by Gasteiger charge is 2.17. The predicted octanol–water partition coefficient (Wildman–Crippen LogP) is 0.805. The molecule has 0 aromatic carbocycles. The highest BCUT2D eigenvalue weighted by molar-refractivity contribution is 5.83. The molecule has 1 aliphatic heterocycles. The monoisotopic (exact) mass is 155 g/mol. The molecule has 0 aromatic rings. The number of hydrogen-bond acceptors (Lipinski definition) is 2. The van der Waals surface area contributed by atoms with Crippen molar-refractivity contribution in [3.05, 3.63) is 0 Å². The van der Waals surface area contributed by atoms with Crippen LogP contribution in [0.3, 0.4) is 0 Å². The molecule has 1 atom stereocenters. The average Bonchev–Trinajstić information content (AvgIpc) is 2.04. The van der Waals surface area contributed by atoms with Crippen LogP contribution in [0.25, 0.3) is 0 Å². The predicted molar refractivity (Wildman–Crippen MR) is 47.6 cm³/mol. The zero-order valence-corrected chi connectivity index (χ0v) is 7.38. The van der Waals surface area contributed by atoms with Crippen LogP contribution in [0, 0.1) is 0 Å². The lowest BCUT2D eigenvalue weighted by Crippen LogP contribution is -2.46.